The molecule has 0 fully saturated rings. The monoisotopic (exact) mass is 312 g/mol. The first-order valence-electron chi connectivity index (χ1n) is 7.52. The zero-order chi connectivity index (χ0) is 15.8. The Balaban J connectivity index is 1.44. The lowest BCUT2D eigenvalue weighted by Crippen LogP contribution is -2.25. The van der Waals surface area contributed by atoms with Gasteiger partial charge in [0.15, 0.2) is 17.3 Å². The zero-order valence-corrected chi connectivity index (χ0v) is 12.7. The molecule has 0 radical (unpaired) electrons. The van der Waals surface area contributed by atoms with Crippen molar-refractivity contribution in [2.24, 2.45) is 0 Å². The van der Waals surface area contributed by atoms with Gasteiger partial charge < -0.3 is 14.3 Å². The van der Waals surface area contributed by atoms with Crippen molar-refractivity contribution in [2.75, 3.05) is 0 Å². The molecule has 0 aliphatic carbocycles. The number of hydrogen-bond acceptors (Lipinski definition) is 5. The van der Waals surface area contributed by atoms with Crippen LogP contribution in [0.2, 0.25) is 0 Å². The van der Waals surface area contributed by atoms with Gasteiger partial charge in [0.25, 0.3) is 5.91 Å². The van der Waals surface area contributed by atoms with Gasteiger partial charge in [0.05, 0.1) is 6.54 Å². The van der Waals surface area contributed by atoms with Gasteiger partial charge in [0.2, 0.25) is 0 Å². The Kier molecular flexibility index (Phi) is 3.22. The number of aromatic amines is 1. The highest BCUT2D eigenvalue weighted by Gasteiger charge is 2.18. The molecule has 8 heteroatoms. The Morgan fingerprint density at radius 3 is 3.17 bits per heavy atom. The van der Waals surface area contributed by atoms with Gasteiger partial charge in [0.1, 0.15) is 17.3 Å². The molecule has 0 spiro atoms. The van der Waals surface area contributed by atoms with Crippen molar-refractivity contribution in [3.8, 4) is 11.5 Å². The molecule has 8 nitrogen and oxygen atoms in total. The predicted molar refractivity (Wildman–Crippen MR) is 80.5 cm³/mol. The van der Waals surface area contributed by atoms with Crippen molar-refractivity contribution in [1.82, 2.24) is 30.3 Å². The highest BCUT2D eigenvalue weighted by molar-refractivity contribution is 5.93. The van der Waals surface area contributed by atoms with E-state index in [-0.39, 0.29) is 5.91 Å². The lowest BCUT2D eigenvalue weighted by atomic mass is 10.3. The standard InChI is InChI=1S/C15H16N6O2/c1-9-4-5-12(23-9)10-7-11(18-17-10)15(22)16-8-14-20-19-13-3-2-6-21(13)14/h4-5,7H,2-3,6,8H2,1H3,(H,16,22)(H,17,18). The predicted octanol–water partition coefficient (Wildman–Crippen LogP) is 1.45. The summed E-state index contributed by atoms with van der Waals surface area (Å²) in [5.41, 5.74) is 0.988. The third kappa shape index (κ3) is 2.52. The molecule has 0 saturated carbocycles. The molecule has 0 atom stereocenters. The van der Waals surface area contributed by atoms with Crippen LogP contribution >= 0.6 is 0 Å². The van der Waals surface area contributed by atoms with Crippen molar-refractivity contribution in [3.05, 3.63) is 41.3 Å². The number of carbonyl (C=O) groups excluding carboxylic acids is 1. The third-order valence-electron chi connectivity index (χ3n) is 3.91. The van der Waals surface area contributed by atoms with E-state index in [2.05, 4.69) is 30.3 Å². The van der Waals surface area contributed by atoms with Crippen molar-refractivity contribution in [1.29, 1.82) is 0 Å². The van der Waals surface area contributed by atoms with Gasteiger partial charge in [-0.05, 0) is 25.5 Å². The summed E-state index contributed by atoms with van der Waals surface area (Å²) in [7, 11) is 0. The summed E-state index contributed by atoms with van der Waals surface area (Å²) >= 11 is 0. The quantitative estimate of drug-likeness (QED) is 0.759. The number of hydrogen-bond donors (Lipinski definition) is 2. The number of rotatable bonds is 4. The van der Waals surface area contributed by atoms with Gasteiger partial charge in [-0.1, -0.05) is 0 Å². The van der Waals surface area contributed by atoms with Crippen LogP contribution in [-0.4, -0.2) is 30.9 Å². The van der Waals surface area contributed by atoms with E-state index in [0.29, 0.717) is 23.7 Å². The average molecular weight is 312 g/mol. The molecule has 1 amide bonds. The number of furan rings is 1. The van der Waals surface area contributed by atoms with Gasteiger partial charge in [-0.3, -0.25) is 9.89 Å². The number of aryl methyl sites for hydroxylation is 2. The van der Waals surface area contributed by atoms with E-state index in [9.17, 15) is 4.79 Å². The Morgan fingerprint density at radius 2 is 2.35 bits per heavy atom. The van der Waals surface area contributed by atoms with E-state index >= 15 is 0 Å². The number of H-pyrrole nitrogens is 1. The first kappa shape index (κ1) is 13.7. The molecular formula is C15H16N6O2. The van der Waals surface area contributed by atoms with Crippen LogP contribution in [0.3, 0.4) is 0 Å². The molecule has 23 heavy (non-hydrogen) atoms. The van der Waals surface area contributed by atoms with Crippen LogP contribution in [0.25, 0.3) is 11.5 Å². The lowest BCUT2D eigenvalue weighted by Gasteiger charge is -2.03. The van der Waals surface area contributed by atoms with Crippen LogP contribution in [0.4, 0.5) is 0 Å². The molecule has 2 N–H and O–H groups in total. The van der Waals surface area contributed by atoms with Crippen molar-refractivity contribution >= 4 is 5.91 Å². The maximum atomic E-state index is 12.2. The number of nitrogens with one attached hydrogen (secondary N) is 2. The van der Waals surface area contributed by atoms with Gasteiger partial charge in [-0.25, -0.2) is 0 Å². The van der Waals surface area contributed by atoms with Gasteiger partial charge in [-0.15, -0.1) is 10.2 Å². The molecule has 4 rings (SSSR count). The van der Waals surface area contributed by atoms with E-state index < -0.39 is 0 Å². The Labute approximate surface area is 131 Å². The van der Waals surface area contributed by atoms with Crippen LogP contribution < -0.4 is 5.32 Å². The summed E-state index contributed by atoms with van der Waals surface area (Å²) in [6, 6.07) is 5.37. The molecular weight excluding hydrogens is 296 g/mol. The zero-order valence-electron chi connectivity index (χ0n) is 12.7. The first-order valence-corrected chi connectivity index (χ1v) is 7.52. The summed E-state index contributed by atoms with van der Waals surface area (Å²) in [5.74, 6) is 2.98. The van der Waals surface area contributed by atoms with Gasteiger partial charge in [-0.2, -0.15) is 5.10 Å². The van der Waals surface area contributed by atoms with E-state index in [1.54, 1.807) is 6.07 Å². The largest absolute Gasteiger partial charge is 0.460 e. The second kappa shape index (κ2) is 5.38. The van der Waals surface area contributed by atoms with Crippen LogP contribution in [0, 0.1) is 6.92 Å². The van der Waals surface area contributed by atoms with Crippen LogP contribution in [-0.2, 0) is 19.5 Å². The highest BCUT2D eigenvalue weighted by atomic mass is 16.3. The molecule has 0 unspecified atom stereocenters. The number of carbonyl (C=O) groups is 1. The van der Waals surface area contributed by atoms with Crippen molar-refractivity contribution in [2.45, 2.75) is 32.9 Å². The van der Waals surface area contributed by atoms with Crippen LogP contribution in [0.1, 0.15) is 34.3 Å². The topological polar surface area (TPSA) is 102 Å². The summed E-state index contributed by atoms with van der Waals surface area (Å²) in [5, 5.41) is 17.9. The maximum absolute atomic E-state index is 12.2. The van der Waals surface area contributed by atoms with E-state index in [1.165, 1.54) is 0 Å². The van der Waals surface area contributed by atoms with Crippen LogP contribution in [0.15, 0.2) is 22.6 Å². The second-order valence-corrected chi connectivity index (χ2v) is 5.55. The van der Waals surface area contributed by atoms with Gasteiger partial charge in [0, 0.05) is 19.0 Å². The minimum Gasteiger partial charge on any atom is -0.460 e. The summed E-state index contributed by atoms with van der Waals surface area (Å²) < 4.78 is 7.56. The molecule has 3 aromatic heterocycles. The van der Waals surface area contributed by atoms with Gasteiger partial charge >= 0.3 is 0 Å². The van der Waals surface area contributed by atoms with E-state index in [4.69, 9.17) is 4.42 Å². The lowest BCUT2D eigenvalue weighted by molar-refractivity contribution is 0.0944. The highest BCUT2D eigenvalue weighted by Crippen LogP contribution is 2.20. The minimum absolute atomic E-state index is 0.258. The normalized spacial score (nSPS) is 13.3. The fourth-order valence-electron chi connectivity index (χ4n) is 2.73. The van der Waals surface area contributed by atoms with E-state index in [0.717, 1.165) is 36.8 Å². The van der Waals surface area contributed by atoms with Crippen molar-refractivity contribution < 1.29 is 9.21 Å². The van der Waals surface area contributed by atoms with E-state index in [1.807, 2.05) is 19.1 Å². The molecule has 4 heterocycles. The summed E-state index contributed by atoms with van der Waals surface area (Å²) in [4.78, 5) is 12.2. The molecule has 118 valence electrons. The number of nitrogens with zero attached hydrogens (tertiary/aromatic N) is 4. The molecule has 0 saturated heterocycles. The van der Waals surface area contributed by atoms with Crippen LogP contribution in [0.5, 0.6) is 0 Å². The molecule has 3 aromatic rings. The minimum atomic E-state index is -0.258. The molecule has 0 bridgehead atoms. The maximum Gasteiger partial charge on any atom is 0.272 e. The Hall–Kier alpha value is -2.90. The number of fused-ring (bicyclic) bond motifs is 1. The van der Waals surface area contributed by atoms with Crippen molar-refractivity contribution in [3.63, 3.8) is 0 Å². The summed E-state index contributed by atoms with van der Waals surface area (Å²) in [6.07, 6.45) is 2.03. The second-order valence-electron chi connectivity index (χ2n) is 5.55. The fraction of sp³-hybridized carbons (Fsp3) is 0.333. The number of aromatic nitrogens is 5. The Morgan fingerprint density at radius 1 is 1.43 bits per heavy atom. The SMILES string of the molecule is Cc1ccc(-c2cc(C(=O)NCc3nnc4n3CCC4)n[nH]2)o1. The number of amides is 1. The molecule has 0 aromatic carbocycles. The third-order valence-corrected chi connectivity index (χ3v) is 3.91. The first-order chi connectivity index (χ1) is 11.2. The Bertz CT molecular complexity index is 859. The summed E-state index contributed by atoms with van der Waals surface area (Å²) in [6.45, 7) is 3.12. The average Bonchev–Trinajstić information content (AvgIpc) is 3.29. The molecule has 1 aliphatic heterocycles. The molecule has 1 aliphatic rings. The smallest absolute Gasteiger partial charge is 0.272 e. The fourth-order valence-corrected chi connectivity index (χ4v) is 2.73.